The maximum absolute atomic E-state index is 13.0. The van der Waals surface area contributed by atoms with E-state index in [4.69, 9.17) is 0 Å². The van der Waals surface area contributed by atoms with Gasteiger partial charge in [0, 0.05) is 0 Å². The van der Waals surface area contributed by atoms with Gasteiger partial charge in [-0.15, -0.1) is 0 Å². The molecule has 0 bridgehead atoms. The van der Waals surface area contributed by atoms with Gasteiger partial charge < -0.3 is 0 Å². The third kappa shape index (κ3) is 4.11. The molecule has 0 atom stereocenters. The highest BCUT2D eigenvalue weighted by Crippen LogP contribution is 2.52. The molecule has 0 amide bonds. The Morgan fingerprint density at radius 3 is 0.652 bits per heavy atom. The van der Waals surface area contributed by atoms with E-state index in [1.807, 2.05) is 0 Å². The van der Waals surface area contributed by atoms with Gasteiger partial charge in [0.15, 0.2) is 0 Å². The Morgan fingerprint density at radius 2 is 0.522 bits per heavy atom. The predicted molar refractivity (Wildman–Crippen MR) is 45.7 cm³/mol. The van der Waals surface area contributed by atoms with Crippen molar-refractivity contribution in [1.29, 1.82) is 0 Å². The van der Waals surface area contributed by atoms with Crippen LogP contribution in [-0.4, -0.2) is 36.0 Å². The molecule has 0 spiro atoms. The van der Waals surface area contributed by atoms with E-state index in [2.05, 4.69) is 0 Å². The van der Waals surface area contributed by atoms with Gasteiger partial charge in [-0.3, -0.25) is 0 Å². The molecule has 0 radical (unpaired) electrons. The largest absolute Gasteiger partial charge is 0.431 e. The highest BCUT2D eigenvalue weighted by molar-refractivity contribution is 4.98. The fourth-order valence-corrected chi connectivity index (χ4v) is 1.46. The van der Waals surface area contributed by atoms with Gasteiger partial charge in [0.1, 0.15) is 0 Å². The predicted octanol–water partition coefficient (Wildman–Crippen LogP) is 5.82. The molecule has 0 fully saturated rings. The summed E-state index contributed by atoms with van der Waals surface area (Å²) in [5, 5.41) is 0. The minimum Gasteiger partial charge on any atom is -0.224 e. The standard InChI is InChI=1S/C9H6F14/c10-4(6(12,13)14,7(15,16)17)2-1-3-5(11,8(18,19)20)9(21,22)23/h1-3H2. The molecule has 0 heterocycles. The van der Waals surface area contributed by atoms with Crippen LogP contribution in [0, 0.1) is 0 Å². The van der Waals surface area contributed by atoms with Crippen molar-refractivity contribution in [3.8, 4) is 0 Å². The van der Waals surface area contributed by atoms with Crippen LogP contribution in [0.25, 0.3) is 0 Å². The van der Waals surface area contributed by atoms with Crippen LogP contribution in [0.4, 0.5) is 61.5 Å². The van der Waals surface area contributed by atoms with Gasteiger partial charge in [0.2, 0.25) is 0 Å². The zero-order chi connectivity index (χ0) is 19.1. The van der Waals surface area contributed by atoms with Crippen LogP contribution in [0.2, 0.25) is 0 Å². The highest BCUT2D eigenvalue weighted by atomic mass is 19.4. The van der Waals surface area contributed by atoms with Gasteiger partial charge >= 0.3 is 24.7 Å². The van der Waals surface area contributed by atoms with Gasteiger partial charge in [-0.05, 0) is 19.3 Å². The quantitative estimate of drug-likeness (QED) is 0.539. The van der Waals surface area contributed by atoms with Crippen molar-refractivity contribution < 1.29 is 61.5 Å². The maximum atomic E-state index is 13.0. The van der Waals surface area contributed by atoms with Crippen molar-refractivity contribution >= 4 is 0 Å². The third-order valence-electron chi connectivity index (χ3n) is 2.84. The van der Waals surface area contributed by atoms with Gasteiger partial charge in [0.25, 0.3) is 11.3 Å². The minimum atomic E-state index is -6.65. The second kappa shape index (κ2) is 5.83. The van der Waals surface area contributed by atoms with Crippen LogP contribution in [0.1, 0.15) is 19.3 Å². The summed E-state index contributed by atoms with van der Waals surface area (Å²) < 4.78 is 171. The van der Waals surface area contributed by atoms with Crippen molar-refractivity contribution in [2.24, 2.45) is 0 Å². The van der Waals surface area contributed by atoms with Crippen LogP contribution in [-0.2, 0) is 0 Å². The van der Waals surface area contributed by atoms with Crippen LogP contribution in [0.5, 0.6) is 0 Å². The molecule has 0 aliphatic rings. The minimum absolute atomic E-state index is 2.31. The Hall–Kier alpha value is -0.980. The van der Waals surface area contributed by atoms with Gasteiger partial charge in [-0.1, -0.05) is 0 Å². The second-order valence-electron chi connectivity index (χ2n) is 4.45. The van der Waals surface area contributed by atoms with Crippen molar-refractivity contribution in [3.63, 3.8) is 0 Å². The summed E-state index contributed by atoms with van der Waals surface area (Å²) >= 11 is 0. The van der Waals surface area contributed by atoms with Crippen molar-refractivity contribution in [3.05, 3.63) is 0 Å². The van der Waals surface area contributed by atoms with E-state index in [0.29, 0.717) is 0 Å². The van der Waals surface area contributed by atoms with Crippen LogP contribution < -0.4 is 0 Å². The molecule has 0 rings (SSSR count). The summed E-state index contributed by atoms with van der Waals surface area (Å²) in [5.74, 6) is 0. The molecule has 0 N–H and O–H groups in total. The van der Waals surface area contributed by atoms with Gasteiger partial charge in [-0.25, -0.2) is 8.78 Å². The summed E-state index contributed by atoms with van der Waals surface area (Å²) in [6, 6.07) is 0. The molecule has 140 valence electrons. The lowest BCUT2D eigenvalue weighted by molar-refractivity contribution is -0.351. The summed E-state index contributed by atoms with van der Waals surface area (Å²) in [6.45, 7) is 0. The average molecular weight is 380 g/mol. The molecule has 0 aliphatic carbocycles. The molecule has 0 aliphatic heterocycles. The molecule has 0 unspecified atom stereocenters. The molecule has 0 aromatic carbocycles. The van der Waals surface area contributed by atoms with E-state index >= 15 is 0 Å². The Labute approximate surface area is 118 Å². The Bertz CT molecular complexity index is 326. The number of hydrogen-bond acceptors (Lipinski definition) is 0. The van der Waals surface area contributed by atoms with Crippen molar-refractivity contribution in [1.82, 2.24) is 0 Å². The molecule has 0 saturated heterocycles. The van der Waals surface area contributed by atoms with E-state index in [0.717, 1.165) is 0 Å². The molecular weight excluding hydrogens is 374 g/mol. The average Bonchev–Trinajstić information content (AvgIpc) is 2.22. The third-order valence-corrected chi connectivity index (χ3v) is 2.84. The van der Waals surface area contributed by atoms with E-state index in [1.165, 1.54) is 0 Å². The normalized spacial score (nSPS) is 15.9. The van der Waals surface area contributed by atoms with E-state index in [1.54, 1.807) is 0 Å². The zero-order valence-corrected chi connectivity index (χ0v) is 10.4. The molecular formula is C9H6F14. The number of rotatable bonds is 4. The number of hydrogen-bond donors (Lipinski definition) is 0. The summed E-state index contributed by atoms with van der Waals surface area (Å²) in [5.41, 5.74) is -12.1. The van der Waals surface area contributed by atoms with E-state index in [9.17, 15) is 61.5 Å². The molecule has 14 heteroatoms. The van der Waals surface area contributed by atoms with Crippen LogP contribution in [0.3, 0.4) is 0 Å². The Morgan fingerprint density at radius 1 is 0.348 bits per heavy atom. The molecule has 23 heavy (non-hydrogen) atoms. The van der Waals surface area contributed by atoms with Crippen LogP contribution in [0.15, 0.2) is 0 Å². The first kappa shape index (κ1) is 22.0. The fourth-order valence-electron chi connectivity index (χ4n) is 1.46. The van der Waals surface area contributed by atoms with E-state index < -0.39 is 55.3 Å². The Kier molecular flexibility index (Phi) is 5.58. The fraction of sp³-hybridized carbons (Fsp3) is 1.00. The van der Waals surface area contributed by atoms with Crippen molar-refractivity contribution in [2.75, 3.05) is 0 Å². The van der Waals surface area contributed by atoms with Crippen LogP contribution >= 0.6 is 0 Å². The SMILES string of the molecule is FC(F)(F)C(F)(CCCC(F)(C(F)(F)F)C(F)(F)F)C(F)(F)F. The van der Waals surface area contributed by atoms with Gasteiger partial charge in [-0.2, -0.15) is 52.7 Å². The summed E-state index contributed by atoms with van der Waals surface area (Å²) in [4.78, 5) is 0. The number of alkyl halides is 14. The molecule has 0 aromatic rings. The van der Waals surface area contributed by atoms with Crippen molar-refractivity contribution in [2.45, 2.75) is 55.3 Å². The summed E-state index contributed by atoms with van der Waals surface area (Å²) in [6.07, 6.45) is -34.6. The monoisotopic (exact) mass is 380 g/mol. The molecule has 0 nitrogen and oxygen atoms in total. The van der Waals surface area contributed by atoms with E-state index in [-0.39, 0.29) is 0 Å². The first-order chi connectivity index (χ1) is 9.71. The Balaban J connectivity index is 5.38. The first-order valence-corrected chi connectivity index (χ1v) is 5.35. The lowest BCUT2D eigenvalue weighted by Crippen LogP contribution is -2.55. The summed E-state index contributed by atoms with van der Waals surface area (Å²) in [7, 11) is 0. The zero-order valence-electron chi connectivity index (χ0n) is 10.4. The lowest BCUT2D eigenvalue weighted by Gasteiger charge is -2.33. The maximum Gasteiger partial charge on any atom is 0.431 e. The number of halogens is 14. The molecule has 0 aromatic heterocycles. The second-order valence-corrected chi connectivity index (χ2v) is 4.45. The highest BCUT2D eigenvalue weighted by Gasteiger charge is 2.74. The molecule has 0 saturated carbocycles. The lowest BCUT2D eigenvalue weighted by atomic mass is 9.91. The topological polar surface area (TPSA) is 0 Å². The smallest absolute Gasteiger partial charge is 0.224 e. The van der Waals surface area contributed by atoms with Gasteiger partial charge in [0.05, 0.1) is 0 Å². The first-order valence-electron chi connectivity index (χ1n) is 5.35.